The molecule has 0 aliphatic carbocycles. The Morgan fingerprint density at radius 2 is 0.912 bits per heavy atom. The second-order valence-corrected chi connectivity index (χ2v) is 7.05. The van der Waals surface area contributed by atoms with E-state index in [1.165, 1.54) is 14.2 Å². The molecule has 4 heteroatoms. The van der Waals surface area contributed by atoms with Crippen LogP contribution >= 0.6 is 0 Å². The van der Waals surface area contributed by atoms with Crippen LogP contribution in [0.1, 0.15) is 20.7 Å². The molecular weight excluding hydrogens is 424 g/mol. The third-order valence-corrected chi connectivity index (χ3v) is 4.93. The van der Waals surface area contributed by atoms with Crippen LogP contribution < -0.4 is 0 Å². The van der Waals surface area contributed by atoms with Crippen LogP contribution in [0.2, 0.25) is 0 Å². The lowest BCUT2D eigenvalue weighted by atomic mass is 10.1. The van der Waals surface area contributed by atoms with Crippen LogP contribution in [0.3, 0.4) is 0 Å². The van der Waals surface area contributed by atoms with Gasteiger partial charge in [0.25, 0.3) is 0 Å². The van der Waals surface area contributed by atoms with E-state index in [2.05, 4.69) is 48.5 Å². The monoisotopic (exact) mass is 440 g/mol. The lowest BCUT2D eigenvalue weighted by Gasteiger charge is -1.98. The topological polar surface area (TPSA) is 52.6 Å². The molecule has 0 spiro atoms. The molecule has 0 aliphatic heterocycles. The van der Waals surface area contributed by atoms with Crippen molar-refractivity contribution >= 4 is 44.3 Å². The Labute approximate surface area is 198 Å². The van der Waals surface area contributed by atoms with E-state index in [0.29, 0.717) is 43.4 Å². The summed E-state index contributed by atoms with van der Waals surface area (Å²) >= 11 is 0. The second kappa shape index (κ2) is 9.97. The van der Waals surface area contributed by atoms with E-state index in [4.69, 9.17) is 9.47 Å². The first-order chi connectivity index (χ1) is 16.6. The van der Waals surface area contributed by atoms with Crippen molar-refractivity contribution in [3.63, 3.8) is 0 Å². The number of rotatable bonds is 2. The highest BCUT2D eigenvalue weighted by Gasteiger charge is 2.05. The molecule has 0 saturated carbocycles. The van der Waals surface area contributed by atoms with Crippen molar-refractivity contribution in [2.75, 3.05) is 14.2 Å². The maximum atomic E-state index is 12.0. The van der Waals surface area contributed by atoms with Gasteiger partial charge in [-0.25, -0.2) is 9.59 Å². The Morgan fingerprint density at radius 3 is 1.32 bits per heavy atom. The van der Waals surface area contributed by atoms with Crippen molar-refractivity contribution in [1.82, 2.24) is 0 Å². The Hall–Kier alpha value is -5.16. The van der Waals surface area contributed by atoms with Crippen molar-refractivity contribution in [3.8, 4) is 0 Å². The molecule has 0 radical (unpaired) electrons. The van der Waals surface area contributed by atoms with Crippen molar-refractivity contribution in [2.24, 2.45) is 0 Å². The average Bonchev–Trinajstić information content (AvgIpc) is 2.88. The lowest BCUT2D eigenvalue weighted by Crippen LogP contribution is -2.00. The highest BCUT2D eigenvalue weighted by Crippen LogP contribution is 2.14. The van der Waals surface area contributed by atoms with Crippen molar-refractivity contribution in [3.05, 3.63) is 120 Å². The first kappa shape index (κ1) is 22.0. The number of hydrogen-bond acceptors (Lipinski definition) is 4. The number of hydrogen-bond donors (Lipinski definition) is 0. The van der Waals surface area contributed by atoms with Crippen LogP contribution in [-0.4, -0.2) is 26.2 Å². The molecule has 0 fully saturated rings. The summed E-state index contributed by atoms with van der Waals surface area (Å²) in [5.41, 5.74) is 0.765. The van der Waals surface area contributed by atoms with Gasteiger partial charge >= 0.3 is 11.9 Å². The average molecular weight is 440 g/mol. The van der Waals surface area contributed by atoms with Gasteiger partial charge in [0, 0.05) is 32.3 Å². The SMILES string of the molecule is COC(=O)c1ccc2c#cc#cc3ccc(C(=O)OC)cc3c#cc3ccccc3c#cc2c1. The number of benzene rings is 3. The first-order valence-corrected chi connectivity index (χ1v) is 10.2. The maximum Gasteiger partial charge on any atom is 0.337 e. The minimum atomic E-state index is -0.453. The molecule has 0 atom stereocenters. The summed E-state index contributed by atoms with van der Waals surface area (Å²) in [6.07, 6.45) is 0. The minimum Gasteiger partial charge on any atom is -0.465 e. The zero-order valence-electron chi connectivity index (χ0n) is 18.4. The summed E-state index contributed by atoms with van der Waals surface area (Å²) < 4.78 is 9.64. The number of carbonyl (C=O) groups is 2. The van der Waals surface area contributed by atoms with Gasteiger partial charge in [0.1, 0.15) is 0 Å². The molecule has 0 amide bonds. The molecule has 4 aromatic rings. The summed E-state index contributed by atoms with van der Waals surface area (Å²) in [5, 5.41) is 3.87. The predicted octanol–water partition coefficient (Wildman–Crippen LogP) is 5.37. The van der Waals surface area contributed by atoms with Gasteiger partial charge in [-0.2, -0.15) is 0 Å². The van der Waals surface area contributed by atoms with Crippen LogP contribution in [0.15, 0.2) is 60.7 Å². The van der Waals surface area contributed by atoms with Crippen molar-refractivity contribution in [1.29, 1.82) is 0 Å². The Bertz CT molecular complexity index is 1400. The molecule has 4 nitrogen and oxygen atoms in total. The van der Waals surface area contributed by atoms with E-state index < -0.39 is 11.9 Å². The van der Waals surface area contributed by atoms with Crippen molar-refractivity contribution in [2.45, 2.75) is 0 Å². The third kappa shape index (κ3) is 4.84. The summed E-state index contributed by atoms with van der Waals surface area (Å²) in [6.45, 7) is 0. The number of fused-ring (bicyclic) bond motifs is 3. The van der Waals surface area contributed by atoms with Crippen LogP contribution in [-0.2, 0) is 9.47 Å². The number of esters is 2. The van der Waals surface area contributed by atoms with E-state index >= 15 is 0 Å². The van der Waals surface area contributed by atoms with Gasteiger partial charge in [-0.05, 0) is 60.7 Å². The van der Waals surface area contributed by atoms with E-state index in [9.17, 15) is 9.59 Å². The zero-order chi connectivity index (χ0) is 23.9. The van der Waals surface area contributed by atoms with Crippen LogP contribution in [0, 0.1) is 48.5 Å². The molecule has 0 N–H and O–H groups in total. The first-order valence-electron chi connectivity index (χ1n) is 10.2. The maximum absolute atomic E-state index is 12.0. The zero-order valence-corrected chi connectivity index (χ0v) is 18.4. The molecule has 0 aromatic heterocycles. The van der Waals surface area contributed by atoms with E-state index in [1.54, 1.807) is 36.4 Å². The molecule has 4 rings (SSSR count). The van der Waals surface area contributed by atoms with E-state index in [-0.39, 0.29) is 0 Å². The van der Waals surface area contributed by atoms with Crippen LogP contribution in [0.25, 0.3) is 32.3 Å². The Kier molecular flexibility index (Phi) is 6.47. The second-order valence-electron chi connectivity index (χ2n) is 7.05. The number of methoxy groups -OCH3 is 2. The van der Waals surface area contributed by atoms with Crippen LogP contribution in [0.4, 0.5) is 0 Å². The van der Waals surface area contributed by atoms with Gasteiger partial charge in [0.05, 0.1) is 25.3 Å². The summed E-state index contributed by atoms with van der Waals surface area (Å²) in [7, 11) is 2.66. The molecule has 0 unspecified atom stereocenters. The van der Waals surface area contributed by atoms with E-state index in [1.807, 2.05) is 24.3 Å². The summed E-state index contributed by atoms with van der Waals surface area (Å²) in [4.78, 5) is 24.0. The summed E-state index contributed by atoms with van der Waals surface area (Å²) in [5.74, 6) is -0.906. The molecule has 0 heterocycles. The molecule has 0 saturated heterocycles. The molecule has 0 aliphatic rings. The molecule has 160 valence electrons. The van der Waals surface area contributed by atoms with E-state index in [0.717, 1.165) is 0 Å². The molecule has 34 heavy (non-hydrogen) atoms. The number of ether oxygens (including phenoxy) is 2. The van der Waals surface area contributed by atoms with Gasteiger partial charge in [-0.1, -0.05) is 48.5 Å². The fourth-order valence-corrected chi connectivity index (χ4v) is 3.17. The fourth-order valence-electron chi connectivity index (χ4n) is 3.17. The highest BCUT2D eigenvalue weighted by atomic mass is 16.5. The molecular formula is C30H16O4. The lowest BCUT2D eigenvalue weighted by molar-refractivity contribution is 0.0592. The quantitative estimate of drug-likeness (QED) is 0.393. The van der Waals surface area contributed by atoms with Gasteiger partial charge in [-0.3, -0.25) is 0 Å². The van der Waals surface area contributed by atoms with Gasteiger partial charge in [0.15, 0.2) is 0 Å². The van der Waals surface area contributed by atoms with Gasteiger partial charge in [0.2, 0.25) is 0 Å². The highest BCUT2D eigenvalue weighted by molar-refractivity contribution is 5.95. The standard InChI is InChI=1S/C30H16O4/c1-33-29(31)27-17-13-23-9-5-6-10-24-14-18-28(30(32)34-2)20-26(24)16-12-22-8-4-3-7-21(22)11-15-25(23)19-27/h3-4,7-8,13-14,17-20H,1-2H3. The number of carbonyl (C=O) groups excluding carboxylic acids is 2. The fraction of sp³-hybridized carbons (Fsp3) is 0.0667. The largest absolute Gasteiger partial charge is 0.465 e. The normalized spacial score (nSPS) is 9.35. The minimum absolute atomic E-state index is 0.382. The Balaban J connectivity index is 2.05. The molecule has 4 aromatic carbocycles. The van der Waals surface area contributed by atoms with Gasteiger partial charge < -0.3 is 9.47 Å². The van der Waals surface area contributed by atoms with Crippen LogP contribution in [0.5, 0.6) is 0 Å². The smallest absolute Gasteiger partial charge is 0.337 e. The van der Waals surface area contributed by atoms with Crippen molar-refractivity contribution < 1.29 is 19.1 Å². The summed E-state index contributed by atoms with van der Waals surface area (Å²) in [6, 6.07) is 41.7. The third-order valence-electron chi connectivity index (χ3n) is 4.93. The molecule has 0 bridgehead atoms. The predicted molar refractivity (Wildman–Crippen MR) is 128 cm³/mol. The van der Waals surface area contributed by atoms with Gasteiger partial charge in [-0.15, -0.1) is 0 Å². The Morgan fingerprint density at radius 1 is 0.529 bits per heavy atom.